The number of hydrogen-bond donors (Lipinski definition) is 0. The molecule has 0 unspecified atom stereocenters. The van der Waals surface area contributed by atoms with Gasteiger partial charge in [0.15, 0.2) is 11.6 Å². The normalized spacial score (nSPS) is 15.1. The summed E-state index contributed by atoms with van der Waals surface area (Å²) in [5, 5.41) is 4.97. The summed E-state index contributed by atoms with van der Waals surface area (Å²) in [6.45, 7) is 1.64. The molecule has 20 heavy (non-hydrogen) atoms. The van der Waals surface area contributed by atoms with Crippen molar-refractivity contribution >= 4 is 28.1 Å². The molecule has 3 heterocycles. The maximum absolute atomic E-state index is 5.67. The van der Waals surface area contributed by atoms with Crippen LogP contribution in [0.2, 0.25) is 0 Å². The average Bonchev–Trinajstić information content (AvgIpc) is 3.19. The van der Waals surface area contributed by atoms with Gasteiger partial charge in [-0.2, -0.15) is 0 Å². The van der Waals surface area contributed by atoms with Gasteiger partial charge in [-0.15, -0.1) is 11.3 Å². The van der Waals surface area contributed by atoms with Gasteiger partial charge < -0.3 is 0 Å². The lowest BCUT2D eigenvalue weighted by molar-refractivity contribution is 0.167. The Balaban J connectivity index is 1.94. The van der Waals surface area contributed by atoms with Crippen LogP contribution in [0.25, 0.3) is 21.6 Å². The van der Waals surface area contributed by atoms with E-state index in [1.165, 1.54) is 0 Å². The second kappa shape index (κ2) is 4.85. The van der Waals surface area contributed by atoms with Crippen LogP contribution in [0.4, 0.5) is 5.82 Å². The highest BCUT2D eigenvalue weighted by molar-refractivity contribution is 7.13. The lowest BCUT2D eigenvalue weighted by Crippen LogP contribution is -2.18. The summed E-state index contributed by atoms with van der Waals surface area (Å²) in [6.07, 6.45) is 1.03. The molecule has 4 rings (SSSR count). The molecule has 4 nitrogen and oxygen atoms in total. The zero-order valence-corrected chi connectivity index (χ0v) is 11.6. The Morgan fingerprint density at radius 1 is 1.10 bits per heavy atom. The molecular formula is C15H13N3OS. The van der Waals surface area contributed by atoms with Gasteiger partial charge in [-0.1, -0.05) is 18.2 Å². The van der Waals surface area contributed by atoms with Crippen molar-refractivity contribution in [2.75, 3.05) is 18.2 Å². The van der Waals surface area contributed by atoms with Crippen molar-refractivity contribution < 1.29 is 4.84 Å². The number of para-hydroxylation sites is 1. The molecular weight excluding hydrogens is 270 g/mol. The average molecular weight is 283 g/mol. The topological polar surface area (TPSA) is 38.2 Å². The minimum atomic E-state index is 0.757. The van der Waals surface area contributed by atoms with Gasteiger partial charge in [0.25, 0.3) is 0 Å². The number of benzene rings is 1. The first kappa shape index (κ1) is 11.8. The van der Waals surface area contributed by atoms with Gasteiger partial charge in [-0.3, -0.25) is 4.84 Å². The lowest BCUT2D eigenvalue weighted by atomic mass is 10.2. The molecule has 3 aromatic rings. The molecule has 2 aromatic heterocycles. The standard InChI is InChI=1S/C15H13N3OS/c1-2-6-12-11(5-1)15(18-8-4-9-19-18)17-14(16-12)13-7-3-10-20-13/h1-3,5-7,10H,4,8-9H2. The van der Waals surface area contributed by atoms with Gasteiger partial charge in [-0.25, -0.2) is 15.0 Å². The summed E-state index contributed by atoms with van der Waals surface area (Å²) < 4.78 is 0. The van der Waals surface area contributed by atoms with Gasteiger partial charge in [0.05, 0.1) is 17.0 Å². The van der Waals surface area contributed by atoms with Crippen molar-refractivity contribution in [1.82, 2.24) is 9.97 Å². The minimum absolute atomic E-state index is 0.757. The molecule has 0 radical (unpaired) electrons. The monoisotopic (exact) mass is 283 g/mol. The van der Waals surface area contributed by atoms with Crippen molar-refractivity contribution in [3.8, 4) is 10.7 Å². The zero-order valence-electron chi connectivity index (χ0n) is 10.8. The molecule has 0 aliphatic carbocycles. The fourth-order valence-electron chi connectivity index (χ4n) is 2.38. The molecule has 0 amide bonds. The number of aromatic nitrogens is 2. The van der Waals surface area contributed by atoms with Crippen LogP contribution in [0, 0.1) is 0 Å². The molecule has 1 aliphatic heterocycles. The Bertz CT molecular complexity index is 736. The second-order valence-electron chi connectivity index (χ2n) is 4.65. The van der Waals surface area contributed by atoms with Crippen molar-refractivity contribution in [3.05, 3.63) is 41.8 Å². The summed E-state index contributed by atoms with van der Waals surface area (Å²) in [7, 11) is 0. The zero-order chi connectivity index (χ0) is 13.4. The van der Waals surface area contributed by atoms with Crippen LogP contribution < -0.4 is 5.06 Å². The highest BCUT2D eigenvalue weighted by atomic mass is 32.1. The third kappa shape index (κ3) is 1.95. The van der Waals surface area contributed by atoms with E-state index in [4.69, 9.17) is 9.82 Å². The number of fused-ring (bicyclic) bond motifs is 1. The number of thiophene rings is 1. The van der Waals surface area contributed by atoms with Gasteiger partial charge in [0, 0.05) is 11.9 Å². The molecule has 100 valence electrons. The number of hydroxylamine groups is 1. The number of anilines is 1. The largest absolute Gasteiger partial charge is 0.272 e. The second-order valence-corrected chi connectivity index (χ2v) is 5.60. The Kier molecular flexibility index (Phi) is 2.86. The first-order valence-corrected chi connectivity index (χ1v) is 7.51. The highest BCUT2D eigenvalue weighted by Crippen LogP contribution is 2.30. The number of rotatable bonds is 2. The number of nitrogens with zero attached hydrogens (tertiary/aromatic N) is 3. The van der Waals surface area contributed by atoms with Crippen LogP contribution in [0.1, 0.15) is 6.42 Å². The molecule has 0 bridgehead atoms. The SMILES string of the molecule is c1csc(-c2nc(N3CCCO3)c3ccccc3n2)c1. The van der Waals surface area contributed by atoms with E-state index in [2.05, 4.69) is 4.98 Å². The molecule has 1 saturated heterocycles. The van der Waals surface area contributed by atoms with E-state index in [1.807, 2.05) is 46.8 Å². The molecule has 1 fully saturated rings. The van der Waals surface area contributed by atoms with E-state index in [0.717, 1.165) is 47.0 Å². The van der Waals surface area contributed by atoms with Gasteiger partial charge in [-0.05, 0) is 30.0 Å². The van der Waals surface area contributed by atoms with Crippen LogP contribution in [0.3, 0.4) is 0 Å². The Labute approximate surface area is 120 Å². The first-order valence-electron chi connectivity index (χ1n) is 6.63. The van der Waals surface area contributed by atoms with Crippen LogP contribution in [-0.4, -0.2) is 23.1 Å². The van der Waals surface area contributed by atoms with E-state index >= 15 is 0 Å². The summed E-state index contributed by atoms with van der Waals surface area (Å²) in [5.41, 5.74) is 0.955. The van der Waals surface area contributed by atoms with Crippen molar-refractivity contribution in [3.63, 3.8) is 0 Å². The Morgan fingerprint density at radius 3 is 2.85 bits per heavy atom. The maximum atomic E-state index is 5.67. The van der Waals surface area contributed by atoms with E-state index in [9.17, 15) is 0 Å². The van der Waals surface area contributed by atoms with Gasteiger partial charge in [0.2, 0.25) is 0 Å². The molecule has 5 heteroatoms. The smallest absolute Gasteiger partial charge is 0.172 e. The van der Waals surface area contributed by atoms with Gasteiger partial charge in [0.1, 0.15) is 0 Å². The molecule has 0 spiro atoms. The summed E-state index contributed by atoms with van der Waals surface area (Å²) in [5.74, 6) is 1.64. The lowest BCUT2D eigenvalue weighted by Gasteiger charge is -2.17. The quantitative estimate of drug-likeness (QED) is 0.721. The molecule has 0 N–H and O–H groups in total. The van der Waals surface area contributed by atoms with Crippen LogP contribution >= 0.6 is 11.3 Å². The maximum Gasteiger partial charge on any atom is 0.172 e. The first-order chi connectivity index (χ1) is 9.92. The molecule has 1 aliphatic rings. The molecule has 0 saturated carbocycles. The fraction of sp³-hybridized carbons (Fsp3) is 0.200. The minimum Gasteiger partial charge on any atom is -0.272 e. The van der Waals surface area contributed by atoms with E-state index in [1.54, 1.807) is 11.3 Å². The summed E-state index contributed by atoms with van der Waals surface area (Å²) in [6, 6.07) is 12.1. The van der Waals surface area contributed by atoms with Crippen LogP contribution in [0.5, 0.6) is 0 Å². The Morgan fingerprint density at radius 2 is 2.05 bits per heavy atom. The molecule has 1 aromatic carbocycles. The van der Waals surface area contributed by atoms with E-state index in [0.29, 0.717) is 0 Å². The van der Waals surface area contributed by atoms with Crippen LogP contribution in [-0.2, 0) is 4.84 Å². The van der Waals surface area contributed by atoms with E-state index < -0.39 is 0 Å². The summed E-state index contributed by atoms with van der Waals surface area (Å²) >= 11 is 1.65. The van der Waals surface area contributed by atoms with Crippen LogP contribution in [0.15, 0.2) is 41.8 Å². The molecule has 0 atom stereocenters. The predicted octanol–water partition coefficient (Wildman–Crippen LogP) is 3.50. The third-order valence-electron chi connectivity index (χ3n) is 3.31. The number of hydrogen-bond acceptors (Lipinski definition) is 5. The summed E-state index contributed by atoms with van der Waals surface area (Å²) in [4.78, 5) is 16.1. The van der Waals surface area contributed by atoms with Crippen molar-refractivity contribution in [2.24, 2.45) is 0 Å². The fourth-order valence-corrected chi connectivity index (χ4v) is 3.04. The van der Waals surface area contributed by atoms with Crippen molar-refractivity contribution in [2.45, 2.75) is 6.42 Å². The Hall–Kier alpha value is -1.98. The van der Waals surface area contributed by atoms with Crippen molar-refractivity contribution in [1.29, 1.82) is 0 Å². The van der Waals surface area contributed by atoms with Gasteiger partial charge >= 0.3 is 0 Å². The van der Waals surface area contributed by atoms with E-state index in [-0.39, 0.29) is 0 Å². The third-order valence-corrected chi connectivity index (χ3v) is 4.18. The highest BCUT2D eigenvalue weighted by Gasteiger charge is 2.19. The predicted molar refractivity (Wildman–Crippen MR) is 80.8 cm³/mol.